The average molecular weight is 258 g/mol. The Kier molecular flexibility index (Phi) is 3.15. The fourth-order valence-corrected chi connectivity index (χ4v) is 2.86. The van der Waals surface area contributed by atoms with E-state index in [1.54, 1.807) is 0 Å². The molecule has 0 amide bonds. The minimum absolute atomic E-state index is 0.0433. The molecular formula is C16H18O3. The summed E-state index contributed by atoms with van der Waals surface area (Å²) < 4.78 is 11.4. The number of aryl methyl sites for hydroxylation is 1. The van der Waals surface area contributed by atoms with Gasteiger partial charge in [0.05, 0.1) is 12.0 Å². The first-order valence-corrected chi connectivity index (χ1v) is 6.85. The first-order valence-electron chi connectivity index (χ1n) is 6.85. The summed E-state index contributed by atoms with van der Waals surface area (Å²) in [6, 6.07) is 7.81. The summed E-state index contributed by atoms with van der Waals surface area (Å²) in [4.78, 5) is 12.5. The highest BCUT2D eigenvalue weighted by Gasteiger charge is 2.34. The number of hydrogen-bond acceptors (Lipinski definition) is 3. The summed E-state index contributed by atoms with van der Waals surface area (Å²) in [5.41, 5.74) is 1.88. The molecule has 2 heterocycles. The molecule has 2 unspecified atom stereocenters. The van der Waals surface area contributed by atoms with Gasteiger partial charge < -0.3 is 9.15 Å². The fourth-order valence-electron chi connectivity index (χ4n) is 2.86. The van der Waals surface area contributed by atoms with Gasteiger partial charge in [0.1, 0.15) is 5.58 Å². The molecule has 1 aliphatic rings. The van der Waals surface area contributed by atoms with Gasteiger partial charge in [0.15, 0.2) is 5.76 Å². The topological polar surface area (TPSA) is 39.4 Å². The smallest absolute Gasteiger partial charge is 0.203 e. The quantitative estimate of drug-likeness (QED) is 0.787. The highest BCUT2D eigenvalue weighted by Crippen LogP contribution is 2.30. The second-order valence-corrected chi connectivity index (χ2v) is 5.18. The second-order valence-electron chi connectivity index (χ2n) is 5.18. The largest absolute Gasteiger partial charge is 0.453 e. The molecule has 0 radical (unpaired) electrons. The van der Waals surface area contributed by atoms with Crippen LogP contribution in [-0.2, 0) is 4.74 Å². The van der Waals surface area contributed by atoms with Gasteiger partial charge in [0, 0.05) is 12.0 Å². The Morgan fingerprint density at radius 1 is 1.42 bits per heavy atom. The Morgan fingerprint density at radius 3 is 3.00 bits per heavy atom. The van der Waals surface area contributed by atoms with Crippen LogP contribution in [0.2, 0.25) is 0 Å². The Labute approximate surface area is 112 Å². The van der Waals surface area contributed by atoms with Crippen molar-refractivity contribution in [3.63, 3.8) is 0 Å². The predicted molar refractivity (Wildman–Crippen MR) is 73.4 cm³/mol. The van der Waals surface area contributed by atoms with Crippen LogP contribution in [-0.4, -0.2) is 18.5 Å². The van der Waals surface area contributed by atoms with Gasteiger partial charge in [-0.25, -0.2) is 0 Å². The lowest BCUT2D eigenvalue weighted by Gasteiger charge is -2.13. The third kappa shape index (κ3) is 2.08. The number of Topliss-reactive ketones (excluding diaryl/α,β-unsaturated/α-hetero) is 1. The standard InChI is InChI=1S/C16H18O3/c1-3-13-12(7-8-18-13)15(17)14-9-11-6-4-5-10(2)16(11)19-14/h4-6,9,12-13H,3,7-8H2,1-2H3. The van der Waals surface area contributed by atoms with Crippen molar-refractivity contribution in [1.82, 2.24) is 0 Å². The molecule has 1 saturated heterocycles. The van der Waals surface area contributed by atoms with E-state index in [1.807, 2.05) is 31.2 Å². The maximum Gasteiger partial charge on any atom is 0.203 e. The van der Waals surface area contributed by atoms with Crippen LogP contribution < -0.4 is 0 Å². The zero-order chi connectivity index (χ0) is 13.4. The average Bonchev–Trinajstić information content (AvgIpc) is 3.04. The molecule has 0 spiro atoms. The zero-order valence-corrected chi connectivity index (χ0v) is 11.3. The number of hydrogen-bond donors (Lipinski definition) is 0. The van der Waals surface area contributed by atoms with Crippen LogP contribution in [0.25, 0.3) is 11.0 Å². The SMILES string of the molecule is CCC1OCCC1C(=O)c1cc2cccc(C)c2o1. The third-order valence-corrected chi connectivity index (χ3v) is 3.93. The van der Waals surface area contributed by atoms with Crippen LogP contribution in [0, 0.1) is 12.8 Å². The molecule has 3 rings (SSSR count). The number of ether oxygens (including phenoxy) is 1. The summed E-state index contributed by atoms with van der Waals surface area (Å²) in [5.74, 6) is 0.504. The van der Waals surface area contributed by atoms with Crippen LogP contribution >= 0.6 is 0 Å². The number of para-hydroxylation sites is 1. The van der Waals surface area contributed by atoms with E-state index >= 15 is 0 Å². The molecule has 0 aliphatic carbocycles. The van der Waals surface area contributed by atoms with Gasteiger partial charge in [0.25, 0.3) is 0 Å². The highest BCUT2D eigenvalue weighted by atomic mass is 16.5. The van der Waals surface area contributed by atoms with Crippen molar-refractivity contribution in [3.8, 4) is 0 Å². The Morgan fingerprint density at radius 2 is 2.26 bits per heavy atom. The first kappa shape index (κ1) is 12.4. The van der Waals surface area contributed by atoms with Crippen molar-refractivity contribution in [3.05, 3.63) is 35.6 Å². The Balaban J connectivity index is 1.95. The van der Waals surface area contributed by atoms with Gasteiger partial charge in [-0.1, -0.05) is 25.1 Å². The van der Waals surface area contributed by atoms with Crippen molar-refractivity contribution in [1.29, 1.82) is 0 Å². The van der Waals surface area contributed by atoms with Gasteiger partial charge in [-0.15, -0.1) is 0 Å². The predicted octanol–water partition coefficient (Wildman–Crippen LogP) is 3.74. The summed E-state index contributed by atoms with van der Waals surface area (Å²) >= 11 is 0. The van der Waals surface area contributed by atoms with E-state index in [2.05, 4.69) is 6.92 Å². The summed E-state index contributed by atoms with van der Waals surface area (Å²) in [7, 11) is 0. The number of furan rings is 1. The van der Waals surface area contributed by atoms with Crippen LogP contribution in [0.1, 0.15) is 35.9 Å². The monoisotopic (exact) mass is 258 g/mol. The molecule has 3 heteroatoms. The second kappa shape index (κ2) is 4.82. The number of rotatable bonds is 3. The number of carbonyl (C=O) groups excluding carboxylic acids is 1. The summed E-state index contributed by atoms with van der Waals surface area (Å²) in [5, 5.41) is 0.996. The molecule has 2 atom stereocenters. The third-order valence-electron chi connectivity index (χ3n) is 3.93. The highest BCUT2D eigenvalue weighted by molar-refractivity contribution is 5.99. The number of ketones is 1. The molecule has 3 nitrogen and oxygen atoms in total. The molecule has 1 aromatic heterocycles. The molecule has 19 heavy (non-hydrogen) atoms. The number of benzene rings is 1. The fraction of sp³-hybridized carbons (Fsp3) is 0.438. The molecule has 1 fully saturated rings. The zero-order valence-electron chi connectivity index (χ0n) is 11.3. The molecule has 1 aromatic carbocycles. The molecule has 1 aliphatic heterocycles. The lowest BCUT2D eigenvalue weighted by molar-refractivity contribution is 0.0670. The first-order chi connectivity index (χ1) is 9.20. The van der Waals surface area contributed by atoms with Gasteiger partial charge >= 0.3 is 0 Å². The maximum atomic E-state index is 12.5. The molecular weight excluding hydrogens is 240 g/mol. The molecule has 0 bridgehead atoms. The molecule has 0 saturated carbocycles. The van der Waals surface area contributed by atoms with E-state index in [9.17, 15) is 4.79 Å². The van der Waals surface area contributed by atoms with Crippen LogP contribution in [0.4, 0.5) is 0 Å². The van der Waals surface area contributed by atoms with Crippen LogP contribution in [0.5, 0.6) is 0 Å². The van der Waals surface area contributed by atoms with Gasteiger partial charge in [-0.05, 0) is 31.4 Å². The normalized spacial score (nSPS) is 23.1. The van der Waals surface area contributed by atoms with E-state index in [0.717, 1.165) is 29.4 Å². The van der Waals surface area contributed by atoms with E-state index in [1.165, 1.54) is 0 Å². The Bertz CT molecular complexity index is 611. The lowest BCUT2D eigenvalue weighted by atomic mass is 9.93. The van der Waals surface area contributed by atoms with Crippen molar-refractivity contribution >= 4 is 16.8 Å². The minimum atomic E-state index is -0.0501. The van der Waals surface area contributed by atoms with Crippen LogP contribution in [0.3, 0.4) is 0 Å². The summed E-state index contributed by atoms with van der Waals surface area (Å²) in [6.45, 7) is 4.72. The maximum absolute atomic E-state index is 12.5. The Hall–Kier alpha value is -1.61. The molecule has 100 valence electrons. The van der Waals surface area contributed by atoms with E-state index in [-0.39, 0.29) is 17.8 Å². The van der Waals surface area contributed by atoms with E-state index in [4.69, 9.17) is 9.15 Å². The summed E-state index contributed by atoms with van der Waals surface area (Å²) in [6.07, 6.45) is 1.71. The number of fused-ring (bicyclic) bond motifs is 1. The van der Waals surface area contributed by atoms with Crippen molar-refractivity contribution in [2.75, 3.05) is 6.61 Å². The van der Waals surface area contributed by atoms with Gasteiger partial charge in [-0.3, -0.25) is 4.79 Å². The molecule has 0 N–H and O–H groups in total. The van der Waals surface area contributed by atoms with E-state index < -0.39 is 0 Å². The van der Waals surface area contributed by atoms with Gasteiger partial charge in [-0.2, -0.15) is 0 Å². The number of carbonyl (C=O) groups is 1. The van der Waals surface area contributed by atoms with Crippen molar-refractivity contribution in [2.24, 2.45) is 5.92 Å². The van der Waals surface area contributed by atoms with Crippen molar-refractivity contribution in [2.45, 2.75) is 32.8 Å². The van der Waals surface area contributed by atoms with Crippen LogP contribution in [0.15, 0.2) is 28.7 Å². The lowest BCUT2D eigenvalue weighted by Crippen LogP contribution is -2.23. The van der Waals surface area contributed by atoms with Gasteiger partial charge in [0.2, 0.25) is 5.78 Å². The minimum Gasteiger partial charge on any atom is -0.453 e. The van der Waals surface area contributed by atoms with E-state index in [0.29, 0.717) is 12.4 Å². The van der Waals surface area contributed by atoms with Crippen molar-refractivity contribution < 1.29 is 13.9 Å². The molecule has 2 aromatic rings.